The first kappa shape index (κ1) is 15.2. The van der Waals surface area contributed by atoms with E-state index in [1.165, 1.54) is 4.90 Å². The fraction of sp³-hybridized carbons (Fsp3) is 0.467. The molecule has 2 amide bonds. The number of amides is 2. The van der Waals surface area contributed by atoms with E-state index in [0.29, 0.717) is 26.0 Å². The quantitative estimate of drug-likeness (QED) is 0.870. The second-order valence-electron chi connectivity index (χ2n) is 4.99. The van der Waals surface area contributed by atoms with Crippen LogP contribution in [0, 0.1) is 0 Å². The van der Waals surface area contributed by atoms with Gasteiger partial charge in [-0.1, -0.05) is 25.1 Å². The summed E-state index contributed by atoms with van der Waals surface area (Å²) in [6.07, 6.45) is 1.39. The summed E-state index contributed by atoms with van der Waals surface area (Å²) in [5.74, 6) is -0.236. The third-order valence-corrected chi connectivity index (χ3v) is 3.36. The van der Waals surface area contributed by atoms with E-state index in [1.54, 1.807) is 0 Å². The number of urea groups is 1. The van der Waals surface area contributed by atoms with Crippen molar-refractivity contribution < 1.29 is 19.4 Å². The number of rotatable bonds is 5. The SMILES string of the molecule is CCCN(CC(=O)O)C(=O)NC1CCOc2ccccc21. The van der Waals surface area contributed by atoms with Gasteiger partial charge in [-0.05, 0) is 12.5 Å². The molecule has 0 aliphatic carbocycles. The molecule has 6 heteroatoms. The summed E-state index contributed by atoms with van der Waals surface area (Å²) in [5, 5.41) is 11.8. The van der Waals surface area contributed by atoms with Crippen molar-refractivity contribution in [1.82, 2.24) is 10.2 Å². The van der Waals surface area contributed by atoms with Crippen molar-refractivity contribution in [3.05, 3.63) is 29.8 Å². The fourth-order valence-electron chi connectivity index (χ4n) is 2.42. The lowest BCUT2D eigenvalue weighted by Gasteiger charge is -2.29. The smallest absolute Gasteiger partial charge is 0.323 e. The van der Waals surface area contributed by atoms with Gasteiger partial charge in [0, 0.05) is 18.5 Å². The molecular formula is C15H20N2O4. The van der Waals surface area contributed by atoms with Crippen LogP contribution in [0.5, 0.6) is 5.75 Å². The molecule has 1 atom stereocenters. The molecular weight excluding hydrogens is 272 g/mol. The first-order chi connectivity index (χ1) is 10.1. The van der Waals surface area contributed by atoms with Gasteiger partial charge in [-0.3, -0.25) is 4.79 Å². The van der Waals surface area contributed by atoms with Gasteiger partial charge in [0.25, 0.3) is 0 Å². The molecule has 2 rings (SSSR count). The molecule has 1 aliphatic heterocycles. The fourth-order valence-corrected chi connectivity index (χ4v) is 2.42. The Balaban J connectivity index is 2.06. The van der Waals surface area contributed by atoms with Crippen molar-refractivity contribution in [3.8, 4) is 5.75 Å². The monoisotopic (exact) mass is 292 g/mol. The molecule has 0 aromatic heterocycles. The first-order valence-corrected chi connectivity index (χ1v) is 7.10. The number of carbonyl (C=O) groups excluding carboxylic acids is 1. The minimum Gasteiger partial charge on any atom is -0.493 e. The number of carbonyl (C=O) groups is 2. The van der Waals surface area contributed by atoms with Crippen LogP contribution in [0.3, 0.4) is 0 Å². The second-order valence-corrected chi connectivity index (χ2v) is 4.99. The van der Waals surface area contributed by atoms with Crippen LogP contribution in [0.1, 0.15) is 31.4 Å². The largest absolute Gasteiger partial charge is 0.493 e. The maximum absolute atomic E-state index is 12.3. The van der Waals surface area contributed by atoms with Gasteiger partial charge in [0.1, 0.15) is 12.3 Å². The number of aliphatic carboxylic acids is 1. The van der Waals surface area contributed by atoms with Crippen LogP contribution in [0.15, 0.2) is 24.3 Å². The summed E-state index contributed by atoms with van der Waals surface area (Å²) in [4.78, 5) is 24.4. The molecule has 1 aromatic carbocycles. The van der Waals surface area contributed by atoms with Crippen molar-refractivity contribution in [3.63, 3.8) is 0 Å². The zero-order chi connectivity index (χ0) is 15.2. The van der Waals surface area contributed by atoms with E-state index in [-0.39, 0.29) is 18.6 Å². The Labute approximate surface area is 123 Å². The highest BCUT2D eigenvalue weighted by atomic mass is 16.5. The average molecular weight is 292 g/mol. The lowest BCUT2D eigenvalue weighted by molar-refractivity contribution is -0.137. The number of carboxylic acid groups (broad SMARTS) is 1. The summed E-state index contributed by atoms with van der Waals surface area (Å²) in [5.41, 5.74) is 0.934. The van der Waals surface area contributed by atoms with E-state index < -0.39 is 5.97 Å². The molecule has 1 unspecified atom stereocenters. The molecule has 0 radical (unpaired) electrons. The Morgan fingerprint density at radius 1 is 1.43 bits per heavy atom. The minimum atomic E-state index is -1.01. The highest BCUT2D eigenvalue weighted by Gasteiger charge is 2.25. The number of hydrogen-bond acceptors (Lipinski definition) is 3. The van der Waals surface area contributed by atoms with Gasteiger partial charge in [-0.25, -0.2) is 4.79 Å². The van der Waals surface area contributed by atoms with Gasteiger partial charge >= 0.3 is 12.0 Å². The Morgan fingerprint density at radius 3 is 2.90 bits per heavy atom. The zero-order valence-corrected chi connectivity index (χ0v) is 12.0. The summed E-state index contributed by atoms with van der Waals surface area (Å²) >= 11 is 0. The standard InChI is InChI=1S/C15H20N2O4/c1-2-8-17(10-14(18)19)15(20)16-12-7-9-21-13-6-4-3-5-11(12)13/h3-6,12H,2,7-10H2,1H3,(H,16,20)(H,18,19). The molecule has 0 bridgehead atoms. The first-order valence-electron chi connectivity index (χ1n) is 7.10. The second kappa shape index (κ2) is 6.97. The van der Waals surface area contributed by atoms with Crippen molar-refractivity contribution >= 4 is 12.0 Å². The number of fused-ring (bicyclic) bond motifs is 1. The molecule has 2 N–H and O–H groups in total. The van der Waals surface area contributed by atoms with Gasteiger partial charge in [0.2, 0.25) is 0 Å². The lowest BCUT2D eigenvalue weighted by Crippen LogP contribution is -2.45. The Kier molecular flexibility index (Phi) is 5.03. The number of benzene rings is 1. The van der Waals surface area contributed by atoms with Crippen LogP contribution in [0.4, 0.5) is 4.79 Å². The van der Waals surface area contributed by atoms with Gasteiger partial charge in [-0.2, -0.15) is 0 Å². The Morgan fingerprint density at radius 2 is 2.19 bits per heavy atom. The van der Waals surface area contributed by atoms with E-state index in [4.69, 9.17) is 9.84 Å². The van der Waals surface area contributed by atoms with Gasteiger partial charge < -0.3 is 20.1 Å². The van der Waals surface area contributed by atoms with Crippen molar-refractivity contribution in [2.45, 2.75) is 25.8 Å². The van der Waals surface area contributed by atoms with Crippen molar-refractivity contribution in [1.29, 1.82) is 0 Å². The molecule has 1 aliphatic rings. The number of para-hydroxylation sites is 1. The average Bonchev–Trinajstić information content (AvgIpc) is 2.47. The van der Waals surface area contributed by atoms with Gasteiger partial charge in [0.15, 0.2) is 0 Å². The third-order valence-electron chi connectivity index (χ3n) is 3.36. The van der Waals surface area contributed by atoms with Crippen molar-refractivity contribution in [2.75, 3.05) is 19.7 Å². The van der Waals surface area contributed by atoms with Gasteiger partial charge in [0.05, 0.1) is 12.6 Å². The molecule has 0 fully saturated rings. The molecule has 1 heterocycles. The maximum Gasteiger partial charge on any atom is 0.323 e. The topological polar surface area (TPSA) is 78.9 Å². The molecule has 0 spiro atoms. The van der Waals surface area contributed by atoms with E-state index in [1.807, 2.05) is 31.2 Å². The van der Waals surface area contributed by atoms with Crippen LogP contribution >= 0.6 is 0 Å². The summed E-state index contributed by atoms with van der Waals surface area (Å²) < 4.78 is 5.55. The predicted molar refractivity (Wildman–Crippen MR) is 77.3 cm³/mol. The Bertz CT molecular complexity index is 518. The maximum atomic E-state index is 12.3. The number of carboxylic acids is 1. The normalized spacial score (nSPS) is 16.5. The lowest BCUT2D eigenvalue weighted by atomic mass is 10.0. The van der Waals surface area contributed by atoms with Crippen LogP contribution in [0.25, 0.3) is 0 Å². The van der Waals surface area contributed by atoms with Gasteiger partial charge in [-0.15, -0.1) is 0 Å². The Hall–Kier alpha value is -2.24. The third kappa shape index (κ3) is 3.87. The van der Waals surface area contributed by atoms with Crippen LogP contribution < -0.4 is 10.1 Å². The summed E-state index contributed by atoms with van der Waals surface area (Å²) in [6, 6.07) is 7.08. The molecule has 21 heavy (non-hydrogen) atoms. The number of nitrogens with zero attached hydrogens (tertiary/aromatic N) is 1. The molecule has 0 saturated heterocycles. The number of nitrogens with one attached hydrogen (secondary N) is 1. The molecule has 6 nitrogen and oxygen atoms in total. The van der Waals surface area contributed by atoms with E-state index >= 15 is 0 Å². The van der Waals surface area contributed by atoms with E-state index in [2.05, 4.69) is 5.32 Å². The van der Waals surface area contributed by atoms with Crippen molar-refractivity contribution in [2.24, 2.45) is 0 Å². The summed E-state index contributed by atoms with van der Waals surface area (Å²) in [7, 11) is 0. The number of hydrogen-bond donors (Lipinski definition) is 2. The minimum absolute atomic E-state index is 0.143. The molecule has 0 saturated carbocycles. The summed E-state index contributed by atoms with van der Waals surface area (Å²) in [6.45, 7) is 2.58. The van der Waals surface area contributed by atoms with Crippen LogP contribution in [0.2, 0.25) is 0 Å². The highest BCUT2D eigenvalue weighted by Crippen LogP contribution is 2.31. The predicted octanol–water partition coefficient (Wildman–Crippen LogP) is 2.02. The number of ether oxygens (including phenoxy) is 1. The van der Waals surface area contributed by atoms with E-state index in [0.717, 1.165) is 11.3 Å². The molecule has 114 valence electrons. The van der Waals surface area contributed by atoms with Crippen LogP contribution in [-0.4, -0.2) is 41.7 Å². The highest BCUT2D eigenvalue weighted by molar-refractivity contribution is 5.80. The zero-order valence-electron chi connectivity index (χ0n) is 12.0. The van der Waals surface area contributed by atoms with E-state index in [9.17, 15) is 9.59 Å². The molecule has 1 aromatic rings. The van der Waals surface area contributed by atoms with Crippen LogP contribution in [-0.2, 0) is 4.79 Å².